The molecule has 0 atom stereocenters. The minimum Gasteiger partial charge on any atom is -0.454 e. The topological polar surface area (TPSA) is 64.8 Å². The first-order chi connectivity index (χ1) is 17.2. The van der Waals surface area contributed by atoms with Crippen LogP contribution in [0.3, 0.4) is 0 Å². The number of amides is 1. The van der Waals surface area contributed by atoms with Crippen molar-refractivity contribution in [3.63, 3.8) is 0 Å². The van der Waals surface area contributed by atoms with Crippen molar-refractivity contribution >= 4 is 33.8 Å². The van der Waals surface area contributed by atoms with Crippen LogP contribution in [0.5, 0.6) is 11.5 Å². The highest BCUT2D eigenvalue weighted by Gasteiger charge is 2.14. The third kappa shape index (κ3) is 4.22. The molecule has 0 saturated heterocycles. The number of rotatable bonds is 6. The number of hydrogen-bond donors (Lipinski definition) is 1. The molecule has 0 aliphatic carbocycles. The Morgan fingerprint density at radius 1 is 0.914 bits per heavy atom. The van der Waals surface area contributed by atoms with E-state index in [-0.39, 0.29) is 19.1 Å². The van der Waals surface area contributed by atoms with E-state index in [9.17, 15) is 4.79 Å². The number of hydrogen-bond acceptors (Lipinski definition) is 4. The summed E-state index contributed by atoms with van der Waals surface area (Å²) in [6, 6.07) is 28.6. The van der Waals surface area contributed by atoms with Crippen LogP contribution >= 0.6 is 0 Å². The summed E-state index contributed by atoms with van der Waals surface area (Å²) in [4.78, 5) is 12.4. The van der Waals surface area contributed by atoms with Crippen molar-refractivity contribution in [2.75, 3.05) is 6.79 Å². The van der Waals surface area contributed by atoms with E-state index in [1.54, 1.807) is 6.21 Å². The second-order valence-corrected chi connectivity index (χ2v) is 8.53. The van der Waals surface area contributed by atoms with Gasteiger partial charge in [-0.05, 0) is 40.1 Å². The maximum atomic E-state index is 12.4. The van der Waals surface area contributed by atoms with Crippen molar-refractivity contribution in [3.05, 3.63) is 108 Å². The third-order valence-electron chi connectivity index (χ3n) is 6.23. The van der Waals surface area contributed by atoms with Gasteiger partial charge in [-0.3, -0.25) is 4.79 Å². The van der Waals surface area contributed by atoms with E-state index in [0.717, 1.165) is 28.6 Å². The number of nitrogens with zero attached hydrogens (tertiary/aromatic N) is 2. The van der Waals surface area contributed by atoms with Crippen LogP contribution < -0.4 is 14.9 Å². The number of ether oxygens (including phenoxy) is 2. The fraction of sp³-hybridized carbons (Fsp3) is 0.103. The van der Waals surface area contributed by atoms with Gasteiger partial charge in [0.05, 0.1) is 12.6 Å². The molecular formula is C29H23N3O3. The molecule has 0 radical (unpaired) electrons. The maximum Gasteiger partial charge on any atom is 0.244 e. The highest BCUT2D eigenvalue weighted by Crippen LogP contribution is 2.32. The number of aromatic nitrogens is 1. The van der Waals surface area contributed by atoms with Crippen LogP contribution in [-0.4, -0.2) is 23.5 Å². The average molecular weight is 462 g/mol. The lowest BCUT2D eigenvalue weighted by Crippen LogP contribution is -2.19. The summed E-state index contributed by atoms with van der Waals surface area (Å²) in [6.45, 7) is 0.954. The molecule has 0 spiro atoms. The van der Waals surface area contributed by atoms with Crippen LogP contribution in [0.2, 0.25) is 0 Å². The quantitative estimate of drug-likeness (QED) is 0.277. The number of hydrazone groups is 1. The number of nitrogens with one attached hydrogen (secondary N) is 1. The summed E-state index contributed by atoms with van der Waals surface area (Å²) in [5.74, 6) is 1.17. The third-order valence-corrected chi connectivity index (χ3v) is 6.23. The van der Waals surface area contributed by atoms with E-state index < -0.39 is 0 Å². The molecule has 172 valence electrons. The van der Waals surface area contributed by atoms with E-state index in [1.165, 1.54) is 16.3 Å². The fourth-order valence-electron chi connectivity index (χ4n) is 4.57. The van der Waals surface area contributed by atoms with E-state index in [0.29, 0.717) is 11.5 Å². The number of para-hydroxylation sites is 1. The summed E-state index contributed by atoms with van der Waals surface area (Å²) < 4.78 is 12.9. The molecule has 5 aromatic rings. The summed E-state index contributed by atoms with van der Waals surface area (Å²) >= 11 is 0. The number of carbonyl (C=O) groups is 1. The van der Waals surface area contributed by atoms with Crippen LogP contribution in [0.1, 0.15) is 16.7 Å². The summed E-state index contributed by atoms with van der Waals surface area (Å²) in [5.41, 5.74) is 6.81. The Balaban J connectivity index is 1.21. The minimum absolute atomic E-state index is 0.195. The van der Waals surface area contributed by atoms with Crippen molar-refractivity contribution in [1.82, 2.24) is 9.99 Å². The van der Waals surface area contributed by atoms with Gasteiger partial charge in [-0.1, -0.05) is 66.7 Å². The van der Waals surface area contributed by atoms with Crippen molar-refractivity contribution in [2.24, 2.45) is 5.10 Å². The largest absolute Gasteiger partial charge is 0.454 e. The van der Waals surface area contributed by atoms with Gasteiger partial charge < -0.3 is 14.0 Å². The first-order valence-corrected chi connectivity index (χ1v) is 11.5. The second kappa shape index (κ2) is 8.99. The summed E-state index contributed by atoms with van der Waals surface area (Å²) in [7, 11) is 0. The van der Waals surface area contributed by atoms with Gasteiger partial charge in [0, 0.05) is 29.2 Å². The minimum atomic E-state index is -0.195. The van der Waals surface area contributed by atoms with E-state index in [2.05, 4.69) is 75.9 Å². The van der Waals surface area contributed by atoms with Gasteiger partial charge in [-0.15, -0.1) is 0 Å². The predicted octanol–water partition coefficient (Wildman–Crippen LogP) is 5.26. The van der Waals surface area contributed by atoms with Gasteiger partial charge in [-0.2, -0.15) is 5.10 Å². The highest BCUT2D eigenvalue weighted by atomic mass is 16.7. The molecular weight excluding hydrogens is 438 g/mol. The second-order valence-electron chi connectivity index (χ2n) is 8.53. The molecule has 35 heavy (non-hydrogen) atoms. The lowest BCUT2D eigenvalue weighted by molar-refractivity contribution is -0.120. The van der Waals surface area contributed by atoms with Gasteiger partial charge in [-0.25, -0.2) is 5.43 Å². The SMILES string of the molecule is O=C(Cc1ccc2c(c1)OCO2)N/N=C\c1cn(Cc2cccc3ccccc23)c2ccccc12. The average Bonchev–Trinajstić information content (AvgIpc) is 3.49. The zero-order chi connectivity index (χ0) is 23.6. The molecule has 1 aromatic heterocycles. The van der Waals surface area contributed by atoms with Gasteiger partial charge >= 0.3 is 0 Å². The Bertz CT molecular complexity index is 1580. The van der Waals surface area contributed by atoms with E-state index >= 15 is 0 Å². The Kier molecular flexibility index (Phi) is 5.39. The number of carbonyl (C=O) groups excluding carboxylic acids is 1. The van der Waals surface area contributed by atoms with E-state index in [4.69, 9.17) is 9.47 Å². The van der Waals surface area contributed by atoms with Crippen molar-refractivity contribution in [3.8, 4) is 11.5 Å². The molecule has 0 bridgehead atoms. The van der Waals surface area contributed by atoms with Gasteiger partial charge in [0.15, 0.2) is 11.5 Å². The Morgan fingerprint density at radius 3 is 2.66 bits per heavy atom. The van der Waals surface area contributed by atoms with Gasteiger partial charge in [0.1, 0.15) is 0 Å². The Hall–Kier alpha value is -4.58. The molecule has 4 aromatic carbocycles. The standard InChI is InChI=1S/C29H23N3O3/c33-29(15-20-12-13-27-28(14-20)35-19-34-27)31-30-16-23-18-32(26-11-4-3-10-25(23)26)17-22-8-5-7-21-6-1-2-9-24(21)22/h1-14,16,18H,15,17,19H2,(H,31,33)/b30-16-. The first kappa shape index (κ1) is 21.0. The summed E-state index contributed by atoms with van der Waals surface area (Å²) in [5, 5.41) is 7.80. The fourth-order valence-corrected chi connectivity index (χ4v) is 4.57. The molecule has 1 aliphatic rings. The number of fused-ring (bicyclic) bond motifs is 3. The molecule has 1 N–H and O–H groups in total. The molecule has 6 nitrogen and oxygen atoms in total. The summed E-state index contributed by atoms with van der Waals surface area (Å²) in [6.07, 6.45) is 4.00. The van der Waals surface area contributed by atoms with Crippen LogP contribution in [0, 0.1) is 0 Å². The van der Waals surface area contributed by atoms with Crippen LogP contribution in [-0.2, 0) is 17.8 Å². The molecule has 0 fully saturated rings. The molecule has 1 amide bonds. The monoisotopic (exact) mass is 461 g/mol. The Morgan fingerprint density at radius 2 is 1.71 bits per heavy atom. The maximum absolute atomic E-state index is 12.4. The van der Waals surface area contributed by atoms with Crippen LogP contribution in [0.4, 0.5) is 0 Å². The zero-order valence-electron chi connectivity index (χ0n) is 19.0. The van der Waals surface area contributed by atoms with Crippen molar-refractivity contribution in [2.45, 2.75) is 13.0 Å². The van der Waals surface area contributed by atoms with Crippen LogP contribution in [0.15, 0.2) is 96.2 Å². The van der Waals surface area contributed by atoms with Crippen molar-refractivity contribution < 1.29 is 14.3 Å². The van der Waals surface area contributed by atoms with Gasteiger partial charge in [0.25, 0.3) is 0 Å². The molecule has 0 saturated carbocycles. The molecule has 6 rings (SSSR count). The molecule has 0 unspecified atom stereocenters. The Labute approximate surface area is 202 Å². The van der Waals surface area contributed by atoms with Crippen LogP contribution in [0.25, 0.3) is 21.7 Å². The lowest BCUT2D eigenvalue weighted by Gasteiger charge is -2.09. The smallest absolute Gasteiger partial charge is 0.244 e. The molecule has 6 heteroatoms. The zero-order valence-corrected chi connectivity index (χ0v) is 19.0. The van der Waals surface area contributed by atoms with Crippen molar-refractivity contribution in [1.29, 1.82) is 0 Å². The molecule has 2 heterocycles. The normalized spacial score (nSPS) is 12.6. The number of benzene rings is 4. The highest BCUT2D eigenvalue weighted by molar-refractivity contribution is 6.00. The predicted molar refractivity (Wildman–Crippen MR) is 137 cm³/mol. The lowest BCUT2D eigenvalue weighted by atomic mass is 10.0. The van der Waals surface area contributed by atoms with Gasteiger partial charge in [0.2, 0.25) is 12.7 Å². The first-order valence-electron chi connectivity index (χ1n) is 11.5. The molecule has 1 aliphatic heterocycles. The van der Waals surface area contributed by atoms with E-state index in [1.807, 2.05) is 30.3 Å².